The monoisotopic (exact) mass is 489 g/mol. The molecule has 8 nitrogen and oxygen atoms in total. The molecule has 2 unspecified atom stereocenters. The topological polar surface area (TPSA) is 119 Å². The zero-order valence-electron chi connectivity index (χ0n) is 16.8. The molecule has 0 saturated carbocycles. The lowest BCUT2D eigenvalue weighted by Crippen LogP contribution is -2.55. The quantitative estimate of drug-likeness (QED) is 0.480. The van der Waals surface area contributed by atoms with Crippen molar-refractivity contribution >= 4 is 16.0 Å². The maximum Gasteiger partial charge on any atom is 0.430 e. The molecule has 1 aliphatic rings. The minimum absolute atomic E-state index is 0.0111. The lowest BCUT2D eigenvalue weighted by Gasteiger charge is -2.35. The van der Waals surface area contributed by atoms with E-state index in [1.165, 1.54) is 13.0 Å². The summed E-state index contributed by atoms with van der Waals surface area (Å²) < 4.78 is 110. The number of methoxy groups -OCH3 is 1. The van der Waals surface area contributed by atoms with Gasteiger partial charge < -0.3 is 15.8 Å². The number of halogens is 6. The van der Waals surface area contributed by atoms with Crippen LogP contribution in [-0.2, 0) is 20.4 Å². The number of anilines is 1. The summed E-state index contributed by atoms with van der Waals surface area (Å²) in [6, 6.07) is -1.39. The Kier molecular flexibility index (Phi) is 7.59. The van der Waals surface area contributed by atoms with Crippen molar-refractivity contribution in [3.63, 3.8) is 0 Å². The smallest absolute Gasteiger partial charge is 0.357 e. The number of nitrogens with two attached hydrogens (primary N) is 1. The number of rotatable bonds is 8. The van der Waals surface area contributed by atoms with Crippen LogP contribution in [0.1, 0.15) is 18.9 Å². The molecule has 0 saturated heterocycles. The molecule has 0 spiro atoms. The van der Waals surface area contributed by atoms with Gasteiger partial charge in [0.15, 0.2) is 0 Å². The molecule has 1 heterocycles. The summed E-state index contributed by atoms with van der Waals surface area (Å²) in [6.07, 6.45) is -5.99. The van der Waals surface area contributed by atoms with Crippen molar-refractivity contribution in [2.75, 3.05) is 19.0 Å². The number of aromatic nitrogens is 2. The van der Waals surface area contributed by atoms with Crippen LogP contribution in [0.25, 0.3) is 0 Å². The van der Waals surface area contributed by atoms with Crippen LogP contribution in [0.4, 0.5) is 32.3 Å². The van der Waals surface area contributed by atoms with Gasteiger partial charge in [0, 0.05) is 43.7 Å². The molecule has 2 atom stereocenters. The number of sulfonamides is 1. The summed E-state index contributed by atoms with van der Waals surface area (Å²) in [5, 5.41) is 2.59. The van der Waals surface area contributed by atoms with Crippen LogP contribution in [-0.4, -0.2) is 56.5 Å². The van der Waals surface area contributed by atoms with Crippen molar-refractivity contribution in [1.82, 2.24) is 14.7 Å². The van der Waals surface area contributed by atoms with E-state index in [9.17, 15) is 34.8 Å². The highest BCUT2D eigenvalue weighted by atomic mass is 32.2. The standard InChI is InChI=1S/C17H21F6N5O3S/c1-10(7-27-32(29,30)13-6-4-3-5-12(13)24)28-14-25-8-11(9-26-14)15(31-2,16(18,19)20)17(21,22)23/h3-4,6,8-10,12,27H,5,7,24H2,1-2H3,(H,25,26,28). The predicted octanol–water partition coefficient (Wildman–Crippen LogP) is 2.33. The van der Waals surface area contributed by atoms with Gasteiger partial charge in [-0.05, 0) is 19.4 Å². The van der Waals surface area contributed by atoms with Crippen molar-refractivity contribution in [2.45, 2.75) is 43.4 Å². The van der Waals surface area contributed by atoms with Crippen LogP contribution in [0, 0.1) is 0 Å². The molecule has 0 amide bonds. The van der Waals surface area contributed by atoms with Crippen molar-refractivity contribution in [2.24, 2.45) is 5.73 Å². The van der Waals surface area contributed by atoms with E-state index in [1.54, 1.807) is 12.2 Å². The third kappa shape index (κ3) is 5.22. The number of hydrogen-bond donors (Lipinski definition) is 3. The first-order chi connectivity index (χ1) is 14.7. The Hall–Kier alpha value is -2.23. The van der Waals surface area contributed by atoms with Gasteiger partial charge in [0.25, 0.3) is 5.60 Å². The van der Waals surface area contributed by atoms with Gasteiger partial charge in [0.1, 0.15) is 0 Å². The third-order valence-corrected chi connectivity index (χ3v) is 6.19. The molecular formula is C17H21F6N5O3S. The zero-order chi connectivity index (χ0) is 24.4. The molecule has 1 aliphatic carbocycles. The average molecular weight is 489 g/mol. The van der Waals surface area contributed by atoms with Crippen LogP contribution in [0.2, 0.25) is 0 Å². The Morgan fingerprint density at radius 1 is 1.19 bits per heavy atom. The fraction of sp³-hybridized carbons (Fsp3) is 0.529. The van der Waals surface area contributed by atoms with Crippen molar-refractivity contribution < 1.29 is 39.5 Å². The molecule has 0 bridgehead atoms. The highest BCUT2D eigenvalue weighted by Gasteiger charge is 2.73. The largest absolute Gasteiger partial charge is 0.430 e. The Bertz CT molecular complexity index is 946. The van der Waals surface area contributed by atoms with Crippen LogP contribution in [0.15, 0.2) is 35.5 Å². The summed E-state index contributed by atoms with van der Waals surface area (Å²) in [5.41, 5.74) is -0.181. The summed E-state index contributed by atoms with van der Waals surface area (Å²) >= 11 is 0. The van der Waals surface area contributed by atoms with Crippen LogP contribution < -0.4 is 15.8 Å². The van der Waals surface area contributed by atoms with Crippen LogP contribution in [0.5, 0.6) is 0 Å². The van der Waals surface area contributed by atoms with E-state index in [2.05, 4.69) is 24.7 Å². The normalized spacial score (nSPS) is 18.9. The second-order valence-electron chi connectivity index (χ2n) is 6.91. The minimum atomic E-state index is -5.83. The maximum atomic E-state index is 13.3. The number of allylic oxidation sites excluding steroid dienone is 2. The molecule has 2 rings (SSSR count). The molecule has 0 radical (unpaired) electrons. The molecule has 32 heavy (non-hydrogen) atoms. The summed E-state index contributed by atoms with van der Waals surface area (Å²) in [6.45, 7) is 1.31. The fourth-order valence-corrected chi connectivity index (χ4v) is 4.32. The second kappa shape index (κ2) is 9.33. The van der Waals surface area contributed by atoms with Crippen molar-refractivity contribution in [3.05, 3.63) is 41.1 Å². The van der Waals surface area contributed by atoms with Crippen LogP contribution in [0.3, 0.4) is 0 Å². The number of ether oxygens (including phenoxy) is 1. The SMILES string of the molecule is COC(c1cnc(NC(C)CNS(=O)(=O)C2=CC=CCC2N)nc1)(C(F)(F)F)C(F)(F)F. The van der Waals surface area contributed by atoms with Gasteiger partial charge in [-0.2, -0.15) is 26.3 Å². The molecule has 0 aliphatic heterocycles. The summed E-state index contributed by atoms with van der Waals surface area (Å²) in [5.74, 6) is -0.314. The number of alkyl halides is 6. The Balaban J connectivity index is 2.12. The molecule has 1 aromatic heterocycles. The van der Waals surface area contributed by atoms with E-state index in [1.807, 2.05) is 0 Å². The number of nitrogens with zero attached hydrogens (tertiary/aromatic N) is 2. The van der Waals surface area contributed by atoms with Gasteiger partial charge in [0.05, 0.1) is 4.91 Å². The molecule has 0 fully saturated rings. The number of hydrogen-bond acceptors (Lipinski definition) is 7. The molecule has 180 valence electrons. The first kappa shape index (κ1) is 26.0. The van der Waals surface area contributed by atoms with E-state index in [0.29, 0.717) is 18.8 Å². The zero-order valence-corrected chi connectivity index (χ0v) is 17.6. The van der Waals surface area contributed by atoms with Gasteiger partial charge in [-0.1, -0.05) is 12.2 Å². The highest BCUT2D eigenvalue weighted by molar-refractivity contribution is 7.93. The first-order valence-electron chi connectivity index (χ1n) is 9.05. The minimum Gasteiger partial charge on any atom is -0.357 e. The van der Waals surface area contributed by atoms with Gasteiger partial charge in [-0.25, -0.2) is 23.1 Å². The molecular weight excluding hydrogens is 468 g/mol. The maximum absolute atomic E-state index is 13.3. The Labute approximate surface area is 180 Å². The lowest BCUT2D eigenvalue weighted by molar-refractivity contribution is -0.383. The Morgan fingerprint density at radius 3 is 2.22 bits per heavy atom. The fourth-order valence-electron chi connectivity index (χ4n) is 2.93. The summed E-state index contributed by atoms with van der Waals surface area (Å²) in [4.78, 5) is 6.96. The van der Waals surface area contributed by atoms with Gasteiger partial charge in [0.2, 0.25) is 16.0 Å². The van der Waals surface area contributed by atoms with E-state index in [4.69, 9.17) is 5.73 Å². The third-order valence-electron chi connectivity index (χ3n) is 4.58. The summed E-state index contributed by atoms with van der Waals surface area (Å²) in [7, 11) is -3.61. The van der Waals surface area contributed by atoms with Gasteiger partial charge >= 0.3 is 12.4 Å². The second-order valence-corrected chi connectivity index (χ2v) is 8.68. The predicted molar refractivity (Wildman–Crippen MR) is 103 cm³/mol. The molecule has 4 N–H and O–H groups in total. The lowest BCUT2D eigenvalue weighted by atomic mass is 9.94. The number of nitrogens with one attached hydrogen (secondary N) is 2. The van der Waals surface area contributed by atoms with Gasteiger partial charge in [-0.15, -0.1) is 0 Å². The van der Waals surface area contributed by atoms with E-state index < -0.39 is 45.6 Å². The van der Waals surface area contributed by atoms with Crippen molar-refractivity contribution in [1.29, 1.82) is 0 Å². The molecule has 1 aromatic rings. The van der Waals surface area contributed by atoms with E-state index >= 15 is 0 Å². The van der Waals surface area contributed by atoms with Gasteiger partial charge in [-0.3, -0.25) is 0 Å². The molecule has 15 heteroatoms. The average Bonchev–Trinajstić information content (AvgIpc) is 2.67. The van der Waals surface area contributed by atoms with E-state index in [0.717, 1.165) is 0 Å². The van der Waals surface area contributed by atoms with E-state index in [-0.39, 0.29) is 24.5 Å². The van der Waals surface area contributed by atoms with Crippen molar-refractivity contribution in [3.8, 4) is 0 Å². The highest BCUT2D eigenvalue weighted by Crippen LogP contribution is 2.52. The first-order valence-corrected chi connectivity index (χ1v) is 10.5. The molecule has 0 aromatic carbocycles. The Morgan fingerprint density at radius 2 is 1.75 bits per heavy atom. The van der Waals surface area contributed by atoms with Crippen LogP contribution >= 0.6 is 0 Å².